The van der Waals surface area contributed by atoms with Gasteiger partial charge in [0.15, 0.2) is 0 Å². The van der Waals surface area contributed by atoms with Crippen molar-refractivity contribution in [1.82, 2.24) is 19.7 Å². The summed E-state index contributed by atoms with van der Waals surface area (Å²) in [6.07, 6.45) is 9.56. The Morgan fingerprint density at radius 1 is 1.30 bits per heavy atom. The van der Waals surface area contributed by atoms with Gasteiger partial charge in [0.2, 0.25) is 0 Å². The van der Waals surface area contributed by atoms with Crippen LogP contribution in [0.15, 0.2) is 30.9 Å². The summed E-state index contributed by atoms with van der Waals surface area (Å²) in [4.78, 5) is 0. The molecule has 0 aliphatic carbocycles. The molecule has 0 aliphatic rings. The van der Waals surface area contributed by atoms with Gasteiger partial charge in [-0.2, -0.15) is 5.10 Å². The van der Waals surface area contributed by atoms with Gasteiger partial charge < -0.3 is 9.88 Å². The number of nitrogens with one attached hydrogen (secondary N) is 1. The van der Waals surface area contributed by atoms with Gasteiger partial charge in [-0.3, -0.25) is 4.68 Å². The Hall–Kier alpha value is -1.55. The molecule has 2 aromatic rings. The van der Waals surface area contributed by atoms with Crippen molar-refractivity contribution in [2.75, 3.05) is 6.54 Å². The van der Waals surface area contributed by atoms with Gasteiger partial charge in [0.05, 0.1) is 12.7 Å². The molecule has 0 spiro atoms. The Bertz CT molecular complexity index is 524. The third-order valence-electron chi connectivity index (χ3n) is 3.54. The van der Waals surface area contributed by atoms with E-state index in [0.29, 0.717) is 12.0 Å². The molecular formula is C16H26N4. The molecule has 1 atom stereocenters. The average Bonchev–Trinajstić information content (AvgIpc) is 3.00. The van der Waals surface area contributed by atoms with Gasteiger partial charge in [0, 0.05) is 37.2 Å². The van der Waals surface area contributed by atoms with Crippen molar-refractivity contribution in [2.45, 2.75) is 39.8 Å². The molecule has 1 unspecified atom stereocenters. The van der Waals surface area contributed by atoms with E-state index in [4.69, 9.17) is 0 Å². The van der Waals surface area contributed by atoms with E-state index in [9.17, 15) is 0 Å². The maximum atomic E-state index is 4.21. The molecule has 0 saturated carbocycles. The van der Waals surface area contributed by atoms with Crippen molar-refractivity contribution in [1.29, 1.82) is 0 Å². The Kier molecular flexibility index (Phi) is 5.01. The quantitative estimate of drug-likeness (QED) is 0.842. The van der Waals surface area contributed by atoms with Crippen molar-refractivity contribution < 1.29 is 0 Å². The summed E-state index contributed by atoms with van der Waals surface area (Å²) in [5, 5.41) is 7.85. The van der Waals surface area contributed by atoms with E-state index in [1.54, 1.807) is 0 Å². The molecule has 2 heterocycles. The smallest absolute Gasteiger partial charge is 0.0539 e. The molecule has 2 rings (SSSR count). The standard InChI is InChI=1S/C16H26N4/c1-5-7-17-16(13(2)3)15-6-8-20(12-15)11-14-9-18-19(4)10-14/h6,8-10,12-13,16-17H,5,7,11H2,1-4H3. The van der Waals surface area contributed by atoms with Crippen LogP contribution in [-0.2, 0) is 13.6 Å². The second-order valence-corrected chi connectivity index (χ2v) is 5.82. The van der Waals surface area contributed by atoms with Crippen LogP contribution in [0.3, 0.4) is 0 Å². The summed E-state index contributed by atoms with van der Waals surface area (Å²) in [7, 11) is 1.95. The predicted molar refractivity (Wildman–Crippen MR) is 82.6 cm³/mol. The summed E-state index contributed by atoms with van der Waals surface area (Å²) < 4.78 is 4.08. The van der Waals surface area contributed by atoms with Crippen LogP contribution >= 0.6 is 0 Å². The maximum absolute atomic E-state index is 4.21. The van der Waals surface area contributed by atoms with Gasteiger partial charge >= 0.3 is 0 Å². The van der Waals surface area contributed by atoms with Crippen LogP contribution in [0.2, 0.25) is 0 Å². The first-order valence-corrected chi connectivity index (χ1v) is 7.46. The zero-order valence-electron chi connectivity index (χ0n) is 13.0. The largest absolute Gasteiger partial charge is 0.349 e. The van der Waals surface area contributed by atoms with Crippen molar-refractivity contribution in [3.63, 3.8) is 0 Å². The highest BCUT2D eigenvalue weighted by molar-refractivity contribution is 5.18. The molecule has 20 heavy (non-hydrogen) atoms. The molecule has 0 bridgehead atoms. The SMILES string of the molecule is CCCNC(c1ccn(Cc2cnn(C)c2)c1)C(C)C. The highest BCUT2D eigenvalue weighted by atomic mass is 15.2. The van der Waals surface area contributed by atoms with Crippen LogP contribution < -0.4 is 5.32 Å². The van der Waals surface area contributed by atoms with Crippen molar-refractivity contribution in [3.8, 4) is 0 Å². The Morgan fingerprint density at radius 2 is 2.10 bits per heavy atom. The van der Waals surface area contributed by atoms with Crippen molar-refractivity contribution in [3.05, 3.63) is 42.0 Å². The minimum Gasteiger partial charge on any atom is -0.349 e. The minimum absolute atomic E-state index is 0.435. The Balaban J connectivity index is 2.06. The van der Waals surface area contributed by atoms with Gasteiger partial charge in [-0.15, -0.1) is 0 Å². The first kappa shape index (κ1) is 14.9. The molecular weight excluding hydrogens is 248 g/mol. The van der Waals surface area contributed by atoms with E-state index in [0.717, 1.165) is 13.1 Å². The van der Waals surface area contributed by atoms with Gasteiger partial charge in [0.1, 0.15) is 0 Å². The normalized spacial score (nSPS) is 13.1. The Morgan fingerprint density at radius 3 is 2.70 bits per heavy atom. The van der Waals surface area contributed by atoms with Crippen molar-refractivity contribution in [2.24, 2.45) is 13.0 Å². The van der Waals surface area contributed by atoms with E-state index in [-0.39, 0.29) is 0 Å². The number of hydrogen-bond donors (Lipinski definition) is 1. The second-order valence-electron chi connectivity index (χ2n) is 5.82. The lowest BCUT2D eigenvalue weighted by molar-refractivity contribution is 0.412. The molecule has 110 valence electrons. The molecule has 0 amide bonds. The molecule has 1 N–H and O–H groups in total. The van der Waals surface area contributed by atoms with Crippen molar-refractivity contribution >= 4 is 0 Å². The first-order chi connectivity index (χ1) is 9.60. The van der Waals surface area contributed by atoms with Gasteiger partial charge in [-0.05, 0) is 30.5 Å². The van der Waals surface area contributed by atoms with E-state index < -0.39 is 0 Å². The molecule has 0 aromatic carbocycles. The fourth-order valence-electron chi connectivity index (χ4n) is 2.54. The highest BCUT2D eigenvalue weighted by Gasteiger charge is 2.15. The molecule has 0 saturated heterocycles. The van der Waals surface area contributed by atoms with Crippen LogP contribution in [0.25, 0.3) is 0 Å². The first-order valence-electron chi connectivity index (χ1n) is 7.46. The van der Waals surface area contributed by atoms with E-state index in [1.165, 1.54) is 17.5 Å². The monoisotopic (exact) mass is 274 g/mol. The third kappa shape index (κ3) is 3.73. The van der Waals surface area contributed by atoms with E-state index in [2.05, 4.69) is 60.4 Å². The molecule has 4 nitrogen and oxygen atoms in total. The highest BCUT2D eigenvalue weighted by Crippen LogP contribution is 2.22. The van der Waals surface area contributed by atoms with E-state index >= 15 is 0 Å². The maximum Gasteiger partial charge on any atom is 0.0539 e. The average molecular weight is 274 g/mol. The number of rotatable bonds is 7. The van der Waals surface area contributed by atoms with Gasteiger partial charge in [-0.1, -0.05) is 20.8 Å². The lowest BCUT2D eigenvalue weighted by Gasteiger charge is -2.21. The predicted octanol–water partition coefficient (Wildman–Crippen LogP) is 2.97. The molecule has 0 radical (unpaired) electrons. The summed E-state index contributed by atoms with van der Waals surface area (Å²) in [6.45, 7) is 8.69. The topological polar surface area (TPSA) is 34.8 Å². The molecule has 2 aromatic heterocycles. The van der Waals surface area contributed by atoms with Crippen LogP contribution in [0.4, 0.5) is 0 Å². The van der Waals surface area contributed by atoms with Crippen LogP contribution in [-0.4, -0.2) is 20.9 Å². The number of hydrogen-bond acceptors (Lipinski definition) is 2. The summed E-state index contributed by atoms with van der Waals surface area (Å²) in [6, 6.07) is 2.66. The lowest BCUT2D eigenvalue weighted by Crippen LogP contribution is -2.26. The zero-order chi connectivity index (χ0) is 14.5. The van der Waals surface area contributed by atoms with Crippen LogP contribution in [0.5, 0.6) is 0 Å². The molecule has 0 aliphatic heterocycles. The van der Waals surface area contributed by atoms with Gasteiger partial charge in [-0.25, -0.2) is 0 Å². The zero-order valence-corrected chi connectivity index (χ0v) is 13.0. The second kappa shape index (κ2) is 6.75. The summed E-state index contributed by atoms with van der Waals surface area (Å²) in [5.74, 6) is 0.593. The Labute approximate surface area is 121 Å². The van der Waals surface area contributed by atoms with Crippen LogP contribution in [0, 0.1) is 5.92 Å². The summed E-state index contributed by atoms with van der Waals surface area (Å²) in [5.41, 5.74) is 2.61. The number of nitrogens with zero attached hydrogens (tertiary/aromatic N) is 3. The minimum atomic E-state index is 0.435. The molecule has 4 heteroatoms. The molecule has 0 fully saturated rings. The number of aryl methyl sites for hydroxylation is 1. The van der Waals surface area contributed by atoms with Crippen LogP contribution in [0.1, 0.15) is 44.4 Å². The van der Waals surface area contributed by atoms with Gasteiger partial charge in [0.25, 0.3) is 0 Å². The van der Waals surface area contributed by atoms with E-state index in [1.807, 2.05) is 17.9 Å². The lowest BCUT2D eigenvalue weighted by atomic mass is 9.98. The fourth-order valence-corrected chi connectivity index (χ4v) is 2.54. The fraction of sp³-hybridized carbons (Fsp3) is 0.562. The third-order valence-corrected chi connectivity index (χ3v) is 3.54. The number of aromatic nitrogens is 3. The summed E-state index contributed by atoms with van der Waals surface area (Å²) >= 11 is 0.